The second-order valence-corrected chi connectivity index (χ2v) is 7.48. The van der Waals surface area contributed by atoms with Crippen LogP contribution in [0.15, 0.2) is 24.3 Å². The van der Waals surface area contributed by atoms with Crippen molar-refractivity contribution in [2.45, 2.75) is 57.5 Å². The SMILES string of the molecule is NC(=O)c1ccc(CN2CCC[C@@H](C(=O)NC3CCCCC3)C2)cc1. The number of rotatable bonds is 5. The number of nitrogens with zero attached hydrogens (tertiary/aromatic N) is 1. The standard InChI is InChI=1S/C20H29N3O2/c21-19(24)16-10-8-15(9-11-16)13-23-12-4-5-17(14-23)20(25)22-18-6-2-1-3-7-18/h8-11,17-18H,1-7,12-14H2,(H2,21,24)(H,22,25)/t17-/m1/s1. The van der Waals surface area contributed by atoms with Crippen LogP contribution < -0.4 is 11.1 Å². The van der Waals surface area contributed by atoms with E-state index in [-0.39, 0.29) is 11.8 Å². The van der Waals surface area contributed by atoms with Crippen LogP contribution in [-0.2, 0) is 11.3 Å². The maximum absolute atomic E-state index is 12.6. The zero-order valence-corrected chi connectivity index (χ0v) is 14.9. The quantitative estimate of drug-likeness (QED) is 0.862. The first-order chi connectivity index (χ1) is 12.1. The van der Waals surface area contributed by atoms with Gasteiger partial charge in [0.1, 0.15) is 0 Å². The van der Waals surface area contributed by atoms with E-state index in [9.17, 15) is 9.59 Å². The Bertz CT molecular complexity index is 593. The maximum atomic E-state index is 12.6. The lowest BCUT2D eigenvalue weighted by atomic mass is 9.93. The highest BCUT2D eigenvalue weighted by Gasteiger charge is 2.27. The number of hydrogen-bond acceptors (Lipinski definition) is 3. The van der Waals surface area contributed by atoms with Gasteiger partial charge in [-0.15, -0.1) is 0 Å². The lowest BCUT2D eigenvalue weighted by molar-refractivity contribution is -0.127. The summed E-state index contributed by atoms with van der Waals surface area (Å²) in [5.74, 6) is -0.0646. The summed E-state index contributed by atoms with van der Waals surface area (Å²) in [5.41, 5.74) is 6.97. The molecule has 1 aromatic carbocycles. The summed E-state index contributed by atoms with van der Waals surface area (Å²) in [6.07, 6.45) is 8.09. The molecule has 0 aromatic heterocycles. The second kappa shape index (κ2) is 8.48. The van der Waals surface area contributed by atoms with Crippen LogP contribution in [0.3, 0.4) is 0 Å². The van der Waals surface area contributed by atoms with Crippen molar-refractivity contribution < 1.29 is 9.59 Å². The van der Waals surface area contributed by atoms with Crippen molar-refractivity contribution in [2.24, 2.45) is 11.7 Å². The number of primary amides is 1. The summed E-state index contributed by atoms with van der Waals surface area (Å²) in [6.45, 7) is 2.65. The van der Waals surface area contributed by atoms with Crippen molar-refractivity contribution in [1.82, 2.24) is 10.2 Å². The second-order valence-electron chi connectivity index (χ2n) is 7.48. The molecule has 2 fully saturated rings. The van der Waals surface area contributed by atoms with Gasteiger partial charge in [0.15, 0.2) is 0 Å². The van der Waals surface area contributed by atoms with Gasteiger partial charge < -0.3 is 11.1 Å². The van der Waals surface area contributed by atoms with E-state index in [2.05, 4.69) is 10.2 Å². The van der Waals surface area contributed by atoms with E-state index in [1.165, 1.54) is 19.3 Å². The number of piperidine rings is 1. The molecule has 5 nitrogen and oxygen atoms in total. The first kappa shape index (κ1) is 17.9. The third-order valence-electron chi connectivity index (χ3n) is 5.47. The van der Waals surface area contributed by atoms with E-state index in [1.54, 1.807) is 12.1 Å². The largest absolute Gasteiger partial charge is 0.366 e. The predicted molar refractivity (Wildman–Crippen MR) is 98.0 cm³/mol. The van der Waals surface area contributed by atoms with E-state index in [0.717, 1.165) is 50.9 Å². The van der Waals surface area contributed by atoms with Crippen LogP contribution in [0.5, 0.6) is 0 Å². The Hall–Kier alpha value is -1.88. The number of nitrogens with two attached hydrogens (primary N) is 1. The van der Waals surface area contributed by atoms with Crippen molar-refractivity contribution in [1.29, 1.82) is 0 Å². The lowest BCUT2D eigenvalue weighted by Gasteiger charge is -2.33. The molecule has 1 saturated heterocycles. The molecule has 0 spiro atoms. The smallest absolute Gasteiger partial charge is 0.248 e. The molecule has 3 rings (SSSR count). The molecule has 5 heteroatoms. The van der Waals surface area contributed by atoms with Gasteiger partial charge in [-0.3, -0.25) is 14.5 Å². The van der Waals surface area contributed by atoms with Gasteiger partial charge in [-0.2, -0.15) is 0 Å². The van der Waals surface area contributed by atoms with E-state index in [0.29, 0.717) is 11.6 Å². The maximum Gasteiger partial charge on any atom is 0.248 e. The third kappa shape index (κ3) is 5.05. The van der Waals surface area contributed by atoms with Crippen molar-refractivity contribution in [3.8, 4) is 0 Å². The number of nitrogens with one attached hydrogen (secondary N) is 1. The molecule has 1 aliphatic carbocycles. The van der Waals surface area contributed by atoms with Crippen molar-refractivity contribution in [3.63, 3.8) is 0 Å². The Labute approximate surface area is 150 Å². The minimum Gasteiger partial charge on any atom is -0.366 e. The Morgan fingerprint density at radius 1 is 1.04 bits per heavy atom. The van der Waals surface area contributed by atoms with Gasteiger partial charge >= 0.3 is 0 Å². The highest BCUT2D eigenvalue weighted by molar-refractivity contribution is 5.92. The molecule has 1 aromatic rings. The van der Waals surface area contributed by atoms with Crippen LogP contribution >= 0.6 is 0 Å². The van der Waals surface area contributed by atoms with Crippen molar-refractivity contribution in [2.75, 3.05) is 13.1 Å². The molecule has 1 saturated carbocycles. The zero-order valence-electron chi connectivity index (χ0n) is 14.9. The Kier molecular flexibility index (Phi) is 6.08. The summed E-state index contributed by atoms with van der Waals surface area (Å²) < 4.78 is 0. The fourth-order valence-corrected chi connectivity index (χ4v) is 4.01. The molecular formula is C20H29N3O2. The van der Waals surface area contributed by atoms with Gasteiger partial charge in [-0.05, 0) is 49.9 Å². The third-order valence-corrected chi connectivity index (χ3v) is 5.47. The monoisotopic (exact) mass is 343 g/mol. The predicted octanol–water partition coefficient (Wildman–Crippen LogP) is 2.45. The summed E-state index contributed by atoms with van der Waals surface area (Å²) in [4.78, 5) is 26.1. The Balaban J connectivity index is 1.51. The number of hydrogen-bond donors (Lipinski definition) is 2. The molecule has 1 heterocycles. The van der Waals surface area contributed by atoms with Gasteiger partial charge in [0.2, 0.25) is 11.8 Å². The molecule has 0 bridgehead atoms. The van der Waals surface area contributed by atoms with Crippen LogP contribution in [0.1, 0.15) is 60.9 Å². The Morgan fingerprint density at radius 2 is 1.76 bits per heavy atom. The fourth-order valence-electron chi connectivity index (χ4n) is 4.01. The molecule has 25 heavy (non-hydrogen) atoms. The number of carbonyl (C=O) groups is 2. The van der Waals surface area contributed by atoms with Crippen LogP contribution in [-0.4, -0.2) is 35.8 Å². The first-order valence-corrected chi connectivity index (χ1v) is 9.53. The van der Waals surface area contributed by atoms with Gasteiger partial charge in [-0.1, -0.05) is 31.4 Å². The highest BCUT2D eigenvalue weighted by Crippen LogP contribution is 2.22. The fraction of sp³-hybridized carbons (Fsp3) is 0.600. The van der Waals surface area contributed by atoms with Crippen LogP contribution in [0.2, 0.25) is 0 Å². The van der Waals surface area contributed by atoms with Gasteiger partial charge in [-0.25, -0.2) is 0 Å². The number of likely N-dealkylation sites (tertiary alicyclic amines) is 1. The topological polar surface area (TPSA) is 75.4 Å². The minimum atomic E-state index is -0.399. The van der Waals surface area contributed by atoms with E-state index < -0.39 is 5.91 Å². The molecule has 1 aliphatic heterocycles. The van der Waals surface area contributed by atoms with Crippen LogP contribution in [0.25, 0.3) is 0 Å². The van der Waals surface area contributed by atoms with E-state index in [1.807, 2.05) is 12.1 Å². The van der Waals surface area contributed by atoms with Gasteiger partial charge in [0, 0.05) is 24.7 Å². The molecule has 0 radical (unpaired) electrons. The normalized spacial score (nSPS) is 22.5. The summed E-state index contributed by atoms with van der Waals surface area (Å²) in [7, 11) is 0. The average molecular weight is 343 g/mol. The molecule has 1 atom stereocenters. The zero-order chi connectivity index (χ0) is 17.6. The molecule has 2 amide bonds. The molecule has 0 unspecified atom stereocenters. The van der Waals surface area contributed by atoms with Gasteiger partial charge in [0.05, 0.1) is 5.92 Å². The first-order valence-electron chi connectivity index (χ1n) is 9.53. The number of benzene rings is 1. The average Bonchev–Trinajstić information content (AvgIpc) is 2.63. The molecule has 136 valence electrons. The van der Waals surface area contributed by atoms with Crippen molar-refractivity contribution in [3.05, 3.63) is 35.4 Å². The number of amides is 2. The summed E-state index contributed by atoms with van der Waals surface area (Å²) >= 11 is 0. The summed E-state index contributed by atoms with van der Waals surface area (Å²) in [6, 6.07) is 7.83. The summed E-state index contributed by atoms with van der Waals surface area (Å²) in [5, 5.41) is 3.28. The molecule has 3 N–H and O–H groups in total. The molecular weight excluding hydrogens is 314 g/mol. The van der Waals surface area contributed by atoms with Crippen molar-refractivity contribution >= 4 is 11.8 Å². The van der Waals surface area contributed by atoms with Gasteiger partial charge in [0.25, 0.3) is 0 Å². The van der Waals surface area contributed by atoms with Crippen LogP contribution in [0, 0.1) is 5.92 Å². The Morgan fingerprint density at radius 3 is 2.44 bits per heavy atom. The lowest BCUT2D eigenvalue weighted by Crippen LogP contribution is -2.46. The van der Waals surface area contributed by atoms with Crippen LogP contribution in [0.4, 0.5) is 0 Å². The number of carbonyl (C=O) groups excluding carboxylic acids is 2. The highest BCUT2D eigenvalue weighted by atomic mass is 16.2. The minimum absolute atomic E-state index is 0.0977. The van der Waals surface area contributed by atoms with E-state index >= 15 is 0 Å². The van der Waals surface area contributed by atoms with E-state index in [4.69, 9.17) is 5.73 Å². The molecule has 2 aliphatic rings.